The van der Waals surface area contributed by atoms with E-state index < -0.39 is 0 Å². The van der Waals surface area contributed by atoms with Crippen molar-refractivity contribution in [1.29, 1.82) is 0 Å². The first-order chi connectivity index (χ1) is 12.5. The van der Waals surface area contributed by atoms with Gasteiger partial charge in [0.05, 0.1) is 6.33 Å². The Hall–Kier alpha value is -2.95. The molecule has 2 aromatic carbocycles. The van der Waals surface area contributed by atoms with E-state index in [1.54, 1.807) is 28.1 Å². The molecule has 1 aromatic heterocycles. The second-order valence-electron chi connectivity index (χ2n) is 6.63. The molecule has 0 saturated carbocycles. The van der Waals surface area contributed by atoms with Gasteiger partial charge in [0.1, 0.15) is 11.5 Å². The molecule has 3 rings (SSSR count). The highest BCUT2D eigenvalue weighted by Gasteiger charge is 2.21. The fourth-order valence-corrected chi connectivity index (χ4v) is 2.87. The molecule has 0 N–H and O–H groups in total. The summed E-state index contributed by atoms with van der Waals surface area (Å²) < 4.78 is 16.0. The molecule has 0 unspecified atom stereocenters. The topological polar surface area (TPSA) is 38.1 Å². The van der Waals surface area contributed by atoms with Gasteiger partial charge in [-0.2, -0.15) is 0 Å². The number of hydrogen-bond donors (Lipinski definition) is 0. The fourth-order valence-electron chi connectivity index (χ4n) is 2.87. The lowest BCUT2D eigenvalue weighted by Gasteiger charge is -2.26. The minimum atomic E-state index is -0.271. The molecule has 134 valence electrons. The highest BCUT2D eigenvalue weighted by Crippen LogP contribution is 2.25. The maximum atomic E-state index is 14.3. The summed E-state index contributed by atoms with van der Waals surface area (Å²) in [7, 11) is 1.83. The number of nitrogens with zero attached hydrogens (tertiary/aromatic N) is 3. The third-order valence-corrected chi connectivity index (χ3v) is 4.28. The molecule has 3 aromatic rings. The highest BCUT2D eigenvalue weighted by atomic mass is 19.1. The standard InChI is InChI=1S/C21H22FN3O/c1-15(2)25(21(26)20-13-24(3)14-23-20)12-16-9-10-19(22)18(11-16)17-7-5-4-6-8-17/h4-11,13-15H,12H2,1-3H3. The van der Waals surface area contributed by atoms with Crippen molar-refractivity contribution in [3.8, 4) is 11.1 Å². The van der Waals surface area contributed by atoms with Gasteiger partial charge in [0.15, 0.2) is 0 Å². The van der Waals surface area contributed by atoms with Crippen molar-refractivity contribution in [3.05, 3.63) is 78.1 Å². The molecule has 0 atom stereocenters. The van der Waals surface area contributed by atoms with Crippen LogP contribution in [-0.4, -0.2) is 26.4 Å². The Labute approximate surface area is 152 Å². The Bertz CT molecular complexity index is 903. The Balaban J connectivity index is 1.89. The van der Waals surface area contributed by atoms with Crippen molar-refractivity contribution in [3.63, 3.8) is 0 Å². The molecule has 5 heteroatoms. The van der Waals surface area contributed by atoms with Gasteiger partial charge in [0.2, 0.25) is 0 Å². The number of aryl methyl sites for hydroxylation is 1. The number of hydrogen-bond acceptors (Lipinski definition) is 2. The molecule has 0 aliphatic carbocycles. The third-order valence-electron chi connectivity index (χ3n) is 4.28. The highest BCUT2D eigenvalue weighted by molar-refractivity contribution is 5.92. The van der Waals surface area contributed by atoms with Crippen LogP contribution in [0.1, 0.15) is 29.9 Å². The Morgan fingerprint density at radius 2 is 1.92 bits per heavy atom. The monoisotopic (exact) mass is 351 g/mol. The summed E-state index contributed by atoms with van der Waals surface area (Å²) in [5.74, 6) is -0.404. The van der Waals surface area contributed by atoms with Crippen LogP contribution in [0, 0.1) is 5.82 Å². The summed E-state index contributed by atoms with van der Waals surface area (Å²) in [4.78, 5) is 18.7. The zero-order valence-corrected chi connectivity index (χ0v) is 15.2. The minimum absolute atomic E-state index is 0.00488. The van der Waals surface area contributed by atoms with Gasteiger partial charge in [-0.15, -0.1) is 0 Å². The van der Waals surface area contributed by atoms with Crippen molar-refractivity contribution in [2.24, 2.45) is 7.05 Å². The molecular formula is C21H22FN3O. The van der Waals surface area contributed by atoms with Gasteiger partial charge in [-0.05, 0) is 37.1 Å². The molecule has 0 aliphatic heterocycles. The molecule has 1 heterocycles. The Morgan fingerprint density at radius 3 is 2.54 bits per heavy atom. The fraction of sp³-hybridized carbons (Fsp3) is 0.238. The summed E-state index contributed by atoms with van der Waals surface area (Å²) in [5, 5.41) is 0. The van der Waals surface area contributed by atoms with Crippen LogP contribution in [0.15, 0.2) is 61.1 Å². The van der Waals surface area contributed by atoms with Gasteiger partial charge in [0.25, 0.3) is 5.91 Å². The number of aromatic nitrogens is 2. The van der Waals surface area contributed by atoms with Crippen molar-refractivity contribution in [1.82, 2.24) is 14.5 Å². The quantitative estimate of drug-likeness (QED) is 0.688. The molecule has 0 aliphatic rings. The molecular weight excluding hydrogens is 329 g/mol. The van der Waals surface area contributed by atoms with E-state index in [1.807, 2.05) is 57.3 Å². The van der Waals surface area contributed by atoms with Gasteiger partial charge >= 0.3 is 0 Å². The van der Waals surface area contributed by atoms with Gasteiger partial charge in [-0.3, -0.25) is 4.79 Å². The van der Waals surface area contributed by atoms with Crippen molar-refractivity contribution >= 4 is 5.91 Å². The van der Waals surface area contributed by atoms with Crippen LogP contribution < -0.4 is 0 Å². The number of carbonyl (C=O) groups excluding carboxylic acids is 1. The van der Waals surface area contributed by atoms with Crippen molar-refractivity contribution < 1.29 is 9.18 Å². The van der Waals surface area contributed by atoms with Crippen LogP contribution >= 0.6 is 0 Å². The van der Waals surface area contributed by atoms with Gasteiger partial charge in [0, 0.05) is 31.4 Å². The molecule has 0 bridgehead atoms. The van der Waals surface area contributed by atoms with E-state index in [0.29, 0.717) is 17.8 Å². The van der Waals surface area contributed by atoms with E-state index >= 15 is 0 Å². The van der Waals surface area contributed by atoms with E-state index in [1.165, 1.54) is 6.07 Å². The molecule has 0 spiro atoms. The Morgan fingerprint density at radius 1 is 1.19 bits per heavy atom. The van der Waals surface area contributed by atoms with Crippen molar-refractivity contribution in [2.45, 2.75) is 26.4 Å². The Kier molecular flexibility index (Phi) is 5.16. The van der Waals surface area contributed by atoms with Gasteiger partial charge in [-0.1, -0.05) is 36.4 Å². The second-order valence-corrected chi connectivity index (χ2v) is 6.63. The number of halogens is 1. The normalized spacial score (nSPS) is 11.0. The first-order valence-corrected chi connectivity index (χ1v) is 8.58. The van der Waals surface area contributed by atoms with Crippen LogP contribution in [0.5, 0.6) is 0 Å². The first kappa shape index (κ1) is 17.9. The van der Waals surface area contributed by atoms with Gasteiger partial charge < -0.3 is 9.47 Å². The molecule has 4 nitrogen and oxygen atoms in total. The van der Waals surface area contributed by atoms with E-state index in [-0.39, 0.29) is 17.8 Å². The summed E-state index contributed by atoms with van der Waals surface area (Å²) >= 11 is 0. The average molecular weight is 351 g/mol. The predicted molar refractivity (Wildman–Crippen MR) is 100 cm³/mol. The lowest BCUT2D eigenvalue weighted by molar-refractivity contribution is 0.0684. The SMILES string of the molecule is CC(C)N(Cc1ccc(F)c(-c2ccccc2)c1)C(=O)c1cn(C)cn1. The summed E-state index contributed by atoms with van der Waals surface area (Å²) in [5.41, 5.74) is 2.64. The average Bonchev–Trinajstić information content (AvgIpc) is 3.07. The van der Waals surface area contributed by atoms with E-state index in [9.17, 15) is 9.18 Å². The van der Waals surface area contributed by atoms with Crippen LogP contribution in [-0.2, 0) is 13.6 Å². The van der Waals surface area contributed by atoms with Crippen LogP contribution in [0.4, 0.5) is 4.39 Å². The number of benzene rings is 2. The lowest BCUT2D eigenvalue weighted by atomic mass is 10.0. The summed E-state index contributed by atoms with van der Waals surface area (Å²) in [6.07, 6.45) is 3.31. The molecule has 0 saturated heterocycles. The number of amides is 1. The van der Waals surface area contributed by atoms with Crippen LogP contribution in [0.3, 0.4) is 0 Å². The molecule has 1 amide bonds. The first-order valence-electron chi connectivity index (χ1n) is 8.58. The number of rotatable bonds is 5. The van der Waals surface area contributed by atoms with Crippen LogP contribution in [0.2, 0.25) is 0 Å². The third kappa shape index (κ3) is 3.82. The predicted octanol–water partition coefficient (Wildman–Crippen LogP) is 4.28. The molecule has 0 fully saturated rings. The second kappa shape index (κ2) is 7.52. The smallest absolute Gasteiger partial charge is 0.274 e. The van der Waals surface area contributed by atoms with E-state index in [0.717, 1.165) is 11.1 Å². The zero-order chi connectivity index (χ0) is 18.7. The maximum absolute atomic E-state index is 14.3. The molecule has 0 radical (unpaired) electrons. The van der Waals surface area contributed by atoms with Crippen LogP contribution in [0.25, 0.3) is 11.1 Å². The summed E-state index contributed by atoms with van der Waals surface area (Å²) in [6, 6.07) is 14.4. The summed E-state index contributed by atoms with van der Waals surface area (Å²) in [6.45, 7) is 4.32. The largest absolute Gasteiger partial charge is 0.340 e. The van der Waals surface area contributed by atoms with E-state index in [2.05, 4.69) is 4.98 Å². The van der Waals surface area contributed by atoms with Crippen molar-refractivity contribution in [2.75, 3.05) is 0 Å². The lowest BCUT2D eigenvalue weighted by Crippen LogP contribution is -2.36. The van der Waals surface area contributed by atoms with Gasteiger partial charge in [-0.25, -0.2) is 9.37 Å². The number of carbonyl (C=O) groups is 1. The maximum Gasteiger partial charge on any atom is 0.274 e. The van der Waals surface area contributed by atoms with E-state index in [4.69, 9.17) is 0 Å². The minimum Gasteiger partial charge on any atom is -0.340 e. The number of imidazole rings is 1. The molecule has 26 heavy (non-hydrogen) atoms. The zero-order valence-electron chi connectivity index (χ0n) is 15.2.